The van der Waals surface area contributed by atoms with Crippen molar-refractivity contribution >= 4 is 47.5 Å². The molecule has 0 aromatic heterocycles. The van der Waals surface area contributed by atoms with Gasteiger partial charge in [0, 0.05) is 23.6 Å². The molecule has 0 spiro atoms. The van der Waals surface area contributed by atoms with Crippen molar-refractivity contribution in [1.29, 1.82) is 0 Å². The van der Waals surface area contributed by atoms with E-state index in [1.165, 1.54) is 4.90 Å². The minimum Gasteiger partial charge on any atom is -0.478 e. The first-order valence-electron chi connectivity index (χ1n) is 9.63. The Bertz CT molecular complexity index is 1110. The average molecular weight is 566 g/mol. The van der Waals surface area contributed by atoms with Crippen LogP contribution in [0.4, 0.5) is 4.79 Å². The molecule has 18 nitrogen and oxygen atoms in total. The van der Waals surface area contributed by atoms with E-state index in [1.54, 1.807) is 6.92 Å². The molecule has 202 valence electrons. The lowest BCUT2D eigenvalue weighted by Gasteiger charge is -2.24. The third kappa shape index (κ3) is 9.76. The number of rotatable bonds is 10. The molecule has 37 heavy (non-hydrogen) atoms. The Labute approximate surface area is 215 Å². The fourth-order valence-corrected chi connectivity index (χ4v) is 3.91. The van der Waals surface area contributed by atoms with Gasteiger partial charge in [-0.3, -0.25) is 19.7 Å². The maximum absolute atomic E-state index is 11.4. The number of carbonyl (C=O) groups is 4. The molecule has 1 aromatic rings. The molecular weight excluding hydrogens is 548 g/mol. The van der Waals surface area contributed by atoms with Crippen LogP contribution in [-0.2, 0) is 14.5 Å². The SMILES string of the molecule is CC(=O)Oc1cc(S)c(C(=O)[N+](=O)[O-])cc1C(=O)O.CC1CSC(=O)N1CC(CO[N+](=O)[O-])O[N+](=O)[O-]. The predicted octanol–water partition coefficient (Wildman–Crippen LogP) is 1.34. The van der Waals surface area contributed by atoms with E-state index >= 15 is 0 Å². The Morgan fingerprint density at radius 2 is 1.81 bits per heavy atom. The normalized spacial score (nSPS) is 15.1. The van der Waals surface area contributed by atoms with Gasteiger partial charge in [-0.25, -0.2) is 9.59 Å². The van der Waals surface area contributed by atoms with Crippen molar-refractivity contribution in [1.82, 2.24) is 4.90 Å². The van der Waals surface area contributed by atoms with Crippen molar-refractivity contribution in [2.45, 2.75) is 30.9 Å². The van der Waals surface area contributed by atoms with Crippen molar-refractivity contribution in [2.75, 3.05) is 18.9 Å². The maximum atomic E-state index is 11.4. The Morgan fingerprint density at radius 1 is 1.19 bits per heavy atom. The van der Waals surface area contributed by atoms with Crippen LogP contribution in [0.2, 0.25) is 0 Å². The zero-order valence-corrected chi connectivity index (χ0v) is 20.5. The number of hydrogen-bond donors (Lipinski definition) is 2. The second-order valence-electron chi connectivity index (χ2n) is 6.88. The number of nitro groups is 1. The first-order chi connectivity index (χ1) is 17.1. The van der Waals surface area contributed by atoms with Gasteiger partial charge in [-0.15, -0.1) is 32.9 Å². The number of nitrogens with zero attached hydrogens (tertiary/aromatic N) is 4. The van der Waals surface area contributed by atoms with Crippen LogP contribution >= 0.6 is 24.4 Å². The summed E-state index contributed by atoms with van der Waals surface area (Å²) >= 11 is 4.92. The van der Waals surface area contributed by atoms with Gasteiger partial charge in [0.05, 0.1) is 6.54 Å². The van der Waals surface area contributed by atoms with E-state index in [0.717, 1.165) is 30.8 Å². The summed E-state index contributed by atoms with van der Waals surface area (Å²) in [7, 11) is 0. The van der Waals surface area contributed by atoms with Crippen molar-refractivity contribution in [3.63, 3.8) is 0 Å². The highest BCUT2D eigenvalue weighted by atomic mass is 32.2. The van der Waals surface area contributed by atoms with Gasteiger partial charge in [-0.2, -0.15) is 0 Å². The second kappa shape index (κ2) is 13.8. The van der Waals surface area contributed by atoms with Crippen molar-refractivity contribution in [3.05, 3.63) is 53.6 Å². The first kappa shape index (κ1) is 30.8. The monoisotopic (exact) mass is 566 g/mol. The van der Waals surface area contributed by atoms with Gasteiger partial charge in [0.2, 0.25) is 0 Å². The van der Waals surface area contributed by atoms with Crippen LogP contribution in [0, 0.1) is 30.3 Å². The molecule has 20 heteroatoms. The zero-order chi connectivity index (χ0) is 28.4. The van der Waals surface area contributed by atoms with Gasteiger partial charge in [-0.1, -0.05) is 11.8 Å². The standard InChI is InChI=1S/C10H7NO7S.C7H11N3O7S/c1-4(12)18-7-3-8(19)6(9(13)11(16)17)2-5(7)10(14)15;1-5-4-18-7(11)8(5)2-6(17-10(14)15)3-16-9(12)13/h2-3,19H,1H3,(H,14,15);5-6H,2-4H2,1H3. The third-order valence-electron chi connectivity index (χ3n) is 4.19. The third-order valence-corrected chi connectivity index (χ3v) is 5.69. The van der Waals surface area contributed by atoms with Gasteiger partial charge in [0.15, 0.2) is 0 Å². The highest BCUT2D eigenvalue weighted by molar-refractivity contribution is 8.13. The Balaban J connectivity index is 0.000000371. The average Bonchev–Trinajstić information content (AvgIpc) is 3.08. The van der Waals surface area contributed by atoms with Gasteiger partial charge in [-0.05, 0) is 19.1 Å². The smallest absolute Gasteiger partial charge is 0.477 e. The summed E-state index contributed by atoms with van der Waals surface area (Å²) in [5.41, 5.74) is -1.04. The lowest BCUT2D eigenvalue weighted by molar-refractivity contribution is -0.789. The lowest BCUT2D eigenvalue weighted by atomic mass is 10.1. The van der Waals surface area contributed by atoms with Crippen molar-refractivity contribution in [2.24, 2.45) is 0 Å². The fraction of sp³-hybridized carbons (Fsp3) is 0.412. The molecule has 1 aliphatic heterocycles. The van der Waals surface area contributed by atoms with E-state index in [2.05, 4.69) is 27.0 Å². The molecular formula is C17H18N4O14S2. The second-order valence-corrected chi connectivity index (χ2v) is 8.33. The van der Waals surface area contributed by atoms with E-state index in [-0.39, 0.29) is 28.5 Å². The Hall–Kier alpha value is -4.20. The van der Waals surface area contributed by atoms with E-state index < -0.39 is 56.8 Å². The molecule has 2 atom stereocenters. The zero-order valence-electron chi connectivity index (χ0n) is 18.8. The minimum atomic E-state index is -1.50. The summed E-state index contributed by atoms with van der Waals surface area (Å²) in [5.74, 6) is -3.54. The summed E-state index contributed by atoms with van der Waals surface area (Å²) in [6.45, 7) is 2.10. The summed E-state index contributed by atoms with van der Waals surface area (Å²) in [6.07, 6.45) is -1.18. The molecule has 1 fully saturated rings. The minimum absolute atomic E-state index is 0.101. The Kier molecular flexibility index (Phi) is 11.5. The molecule has 0 aliphatic carbocycles. The van der Waals surface area contributed by atoms with Gasteiger partial charge in [0.25, 0.3) is 15.4 Å². The summed E-state index contributed by atoms with van der Waals surface area (Å²) < 4.78 is 4.63. The van der Waals surface area contributed by atoms with Crippen LogP contribution in [0.25, 0.3) is 0 Å². The van der Waals surface area contributed by atoms with E-state index in [0.29, 0.717) is 5.75 Å². The molecule has 2 unspecified atom stereocenters. The number of ether oxygens (including phenoxy) is 1. The molecule has 1 aromatic carbocycles. The number of carboxylic acids is 1. The number of benzene rings is 1. The van der Waals surface area contributed by atoms with Crippen LogP contribution in [-0.4, -0.2) is 79.2 Å². The van der Waals surface area contributed by atoms with Gasteiger partial charge >= 0.3 is 17.8 Å². The lowest BCUT2D eigenvalue weighted by Crippen LogP contribution is -2.41. The fourth-order valence-electron chi connectivity index (χ4n) is 2.65. The molecule has 0 bridgehead atoms. The van der Waals surface area contributed by atoms with Crippen LogP contribution in [0.3, 0.4) is 0 Å². The highest BCUT2D eigenvalue weighted by Gasteiger charge is 2.32. The number of aromatic carboxylic acids is 1. The van der Waals surface area contributed by atoms with Crippen LogP contribution in [0.1, 0.15) is 34.6 Å². The van der Waals surface area contributed by atoms with Gasteiger partial charge < -0.3 is 24.4 Å². The summed E-state index contributed by atoms with van der Waals surface area (Å²) in [6, 6.07) is 1.61. The highest BCUT2D eigenvalue weighted by Crippen LogP contribution is 2.27. The number of esters is 1. The molecule has 2 amide bonds. The largest absolute Gasteiger partial charge is 0.478 e. The number of thioether (sulfide) groups is 1. The molecule has 1 aliphatic rings. The number of carbonyl (C=O) groups excluding carboxylic acids is 3. The predicted molar refractivity (Wildman–Crippen MR) is 122 cm³/mol. The van der Waals surface area contributed by atoms with Gasteiger partial charge in [0.1, 0.15) is 34.5 Å². The number of carboxylic acid groups (broad SMARTS) is 1. The van der Waals surface area contributed by atoms with Crippen LogP contribution in [0.15, 0.2) is 17.0 Å². The van der Waals surface area contributed by atoms with E-state index in [9.17, 15) is 49.5 Å². The molecule has 1 N–H and O–H groups in total. The molecule has 1 saturated heterocycles. The van der Waals surface area contributed by atoms with Crippen molar-refractivity contribution in [3.8, 4) is 5.75 Å². The van der Waals surface area contributed by atoms with Crippen molar-refractivity contribution < 1.29 is 53.8 Å². The topological polar surface area (TPSA) is 249 Å². The first-order valence-corrected chi connectivity index (χ1v) is 11.1. The summed E-state index contributed by atoms with van der Waals surface area (Å²) in [4.78, 5) is 83.4. The Morgan fingerprint density at radius 3 is 2.24 bits per heavy atom. The quantitative estimate of drug-likeness (QED) is 0.133. The molecule has 0 saturated carbocycles. The molecule has 2 rings (SSSR count). The number of amides is 2. The van der Waals surface area contributed by atoms with Crippen LogP contribution < -0.4 is 4.74 Å². The molecule has 1 heterocycles. The number of thiol groups is 1. The van der Waals surface area contributed by atoms with E-state index in [1.807, 2.05) is 0 Å². The van der Waals surface area contributed by atoms with E-state index in [4.69, 9.17) is 5.11 Å². The summed E-state index contributed by atoms with van der Waals surface area (Å²) in [5, 5.41) is 37.2. The number of hydrogen-bond acceptors (Lipinski definition) is 15. The molecule has 0 radical (unpaired) electrons. The van der Waals surface area contributed by atoms with Crippen LogP contribution in [0.5, 0.6) is 5.75 Å². The maximum Gasteiger partial charge on any atom is 0.477 e.